The minimum absolute atomic E-state index is 0.0157. The van der Waals surface area contributed by atoms with Gasteiger partial charge in [-0.25, -0.2) is 10.8 Å². The number of hydrazine groups is 1. The number of hydrogen-bond donors (Lipinski definition) is 2. The third kappa shape index (κ3) is 1.51. The van der Waals surface area contributed by atoms with Crippen LogP contribution < -0.4 is 5.84 Å². The lowest BCUT2D eigenvalue weighted by Gasteiger charge is -2.19. The van der Waals surface area contributed by atoms with Gasteiger partial charge in [0.15, 0.2) is 0 Å². The summed E-state index contributed by atoms with van der Waals surface area (Å²) in [6.07, 6.45) is 1.73. The van der Waals surface area contributed by atoms with Crippen LogP contribution in [0.2, 0.25) is 0 Å². The van der Waals surface area contributed by atoms with E-state index < -0.39 is 5.41 Å². The van der Waals surface area contributed by atoms with Crippen LogP contribution in [0.3, 0.4) is 0 Å². The van der Waals surface area contributed by atoms with E-state index >= 15 is 0 Å². The average Bonchev–Trinajstić information content (AvgIpc) is 3.04. The molecule has 0 radical (unpaired) electrons. The Kier molecular flexibility index (Phi) is 2.22. The quantitative estimate of drug-likeness (QED) is 0.474. The third-order valence-electron chi connectivity index (χ3n) is 3.63. The van der Waals surface area contributed by atoms with E-state index in [0.717, 1.165) is 35.3 Å². The van der Waals surface area contributed by atoms with E-state index in [1.54, 1.807) is 7.05 Å². The second kappa shape index (κ2) is 3.55. The van der Waals surface area contributed by atoms with E-state index in [0.29, 0.717) is 0 Å². The summed E-state index contributed by atoms with van der Waals surface area (Å²) in [5.74, 6) is 6.45. The van der Waals surface area contributed by atoms with Crippen molar-refractivity contribution in [2.45, 2.75) is 25.2 Å². The molecule has 1 aromatic heterocycles. The van der Waals surface area contributed by atoms with Gasteiger partial charge in [-0.15, -0.1) is 0 Å². The second-order valence-electron chi connectivity index (χ2n) is 5.05. The maximum atomic E-state index is 12.1. The predicted octanol–water partition coefficient (Wildman–Crippen LogP) is 1.24. The number of likely N-dealkylation sites (N-methyl/N-ethyl adjacent to an activating group) is 1. The van der Waals surface area contributed by atoms with Gasteiger partial charge in [-0.05, 0) is 37.5 Å². The fourth-order valence-electron chi connectivity index (χ4n) is 2.52. The van der Waals surface area contributed by atoms with Crippen LogP contribution in [0.4, 0.5) is 0 Å². The fourth-order valence-corrected chi connectivity index (χ4v) is 2.52. The Hall–Kier alpha value is -1.88. The first-order valence-electron chi connectivity index (χ1n) is 6.03. The van der Waals surface area contributed by atoms with Gasteiger partial charge in [0.25, 0.3) is 0 Å². The smallest absolute Gasteiger partial charge is 0.246 e. The van der Waals surface area contributed by atoms with Crippen LogP contribution in [0.5, 0.6) is 0 Å². The highest BCUT2D eigenvalue weighted by Crippen LogP contribution is 2.49. The average molecular weight is 244 g/mol. The molecular weight excluding hydrogens is 228 g/mol. The molecule has 1 aliphatic carbocycles. The summed E-state index contributed by atoms with van der Waals surface area (Å²) < 4.78 is 0. The van der Waals surface area contributed by atoms with Crippen LogP contribution in [0.1, 0.15) is 24.2 Å². The molecule has 2 aromatic rings. The molecule has 0 unspecified atom stereocenters. The Morgan fingerprint density at radius 2 is 2.22 bits per heavy atom. The first-order chi connectivity index (χ1) is 8.53. The molecule has 3 rings (SSSR count). The topological polar surface area (TPSA) is 75.0 Å². The number of aryl methyl sites for hydroxylation is 1. The van der Waals surface area contributed by atoms with Crippen molar-refractivity contribution in [3.05, 3.63) is 29.6 Å². The van der Waals surface area contributed by atoms with Crippen molar-refractivity contribution in [3.63, 3.8) is 0 Å². The normalized spacial score (nSPS) is 16.8. The van der Waals surface area contributed by atoms with Crippen LogP contribution in [-0.2, 0) is 10.2 Å². The zero-order chi connectivity index (χ0) is 12.9. The number of H-pyrrole nitrogens is 1. The molecular formula is C13H16N4O. The number of carbonyl (C=O) groups excluding carboxylic acids is 1. The maximum Gasteiger partial charge on any atom is 0.246 e. The Bertz CT molecular complexity index is 625. The fraction of sp³-hybridized carbons (Fsp3) is 0.385. The number of benzene rings is 1. The molecule has 0 saturated heterocycles. The van der Waals surface area contributed by atoms with Gasteiger partial charge in [0, 0.05) is 7.05 Å². The van der Waals surface area contributed by atoms with Gasteiger partial charge in [-0.2, -0.15) is 0 Å². The van der Waals surface area contributed by atoms with Gasteiger partial charge < -0.3 is 4.98 Å². The highest BCUT2D eigenvalue weighted by Gasteiger charge is 2.52. The molecule has 0 spiro atoms. The standard InChI is InChI=1S/C13H16N4O/c1-8-15-10-4-3-9(7-11(10)16-8)13(5-6-13)12(18)17(2)14/h3-4,7H,5-6,14H2,1-2H3,(H,15,16). The van der Waals surface area contributed by atoms with Crippen molar-refractivity contribution in [3.8, 4) is 0 Å². The Morgan fingerprint density at radius 3 is 2.83 bits per heavy atom. The summed E-state index contributed by atoms with van der Waals surface area (Å²) in [7, 11) is 1.60. The number of aromatic amines is 1. The first-order valence-corrected chi connectivity index (χ1v) is 6.03. The van der Waals surface area contributed by atoms with E-state index in [9.17, 15) is 4.79 Å². The zero-order valence-electron chi connectivity index (χ0n) is 10.5. The van der Waals surface area contributed by atoms with Crippen LogP contribution in [0, 0.1) is 6.92 Å². The number of hydrogen-bond acceptors (Lipinski definition) is 3. The summed E-state index contributed by atoms with van der Waals surface area (Å²) in [4.78, 5) is 19.7. The molecule has 1 aromatic carbocycles. The van der Waals surface area contributed by atoms with Gasteiger partial charge in [0.2, 0.25) is 5.91 Å². The van der Waals surface area contributed by atoms with Gasteiger partial charge in [0.05, 0.1) is 16.4 Å². The Labute approximate surface area is 105 Å². The molecule has 94 valence electrons. The molecule has 5 nitrogen and oxygen atoms in total. The molecule has 1 heterocycles. The number of rotatable bonds is 2. The molecule has 18 heavy (non-hydrogen) atoms. The maximum absolute atomic E-state index is 12.1. The van der Waals surface area contributed by atoms with Gasteiger partial charge in [-0.1, -0.05) is 6.07 Å². The van der Waals surface area contributed by atoms with Gasteiger partial charge >= 0.3 is 0 Å². The van der Waals surface area contributed by atoms with Crippen molar-refractivity contribution in [2.75, 3.05) is 7.05 Å². The zero-order valence-corrected chi connectivity index (χ0v) is 10.5. The van der Waals surface area contributed by atoms with E-state index in [1.165, 1.54) is 5.01 Å². The minimum Gasteiger partial charge on any atom is -0.342 e. The largest absolute Gasteiger partial charge is 0.342 e. The first kappa shape index (κ1) is 11.2. The molecule has 0 bridgehead atoms. The number of amides is 1. The van der Waals surface area contributed by atoms with Gasteiger partial charge in [-0.3, -0.25) is 9.80 Å². The second-order valence-corrected chi connectivity index (χ2v) is 5.05. The highest BCUT2D eigenvalue weighted by atomic mass is 16.2. The Balaban J connectivity index is 2.06. The Morgan fingerprint density at radius 1 is 1.50 bits per heavy atom. The van der Waals surface area contributed by atoms with Gasteiger partial charge in [0.1, 0.15) is 5.82 Å². The molecule has 3 N–H and O–H groups in total. The summed E-state index contributed by atoms with van der Waals surface area (Å²) >= 11 is 0. The molecule has 1 amide bonds. The monoisotopic (exact) mass is 244 g/mol. The van der Waals surface area contributed by atoms with Crippen LogP contribution in [-0.4, -0.2) is 27.9 Å². The lowest BCUT2D eigenvalue weighted by Crippen LogP contribution is -2.41. The van der Waals surface area contributed by atoms with Crippen LogP contribution in [0.25, 0.3) is 11.0 Å². The molecule has 0 atom stereocenters. The van der Waals surface area contributed by atoms with E-state index in [1.807, 2.05) is 25.1 Å². The van der Waals surface area contributed by atoms with Crippen molar-refractivity contribution in [1.82, 2.24) is 15.0 Å². The van der Waals surface area contributed by atoms with Crippen LogP contribution in [0.15, 0.2) is 18.2 Å². The van der Waals surface area contributed by atoms with E-state index in [2.05, 4.69) is 9.97 Å². The number of nitrogens with one attached hydrogen (secondary N) is 1. The summed E-state index contributed by atoms with van der Waals surface area (Å²) in [5, 5.41) is 1.19. The van der Waals surface area contributed by atoms with Crippen molar-refractivity contribution in [2.24, 2.45) is 5.84 Å². The molecule has 0 aliphatic heterocycles. The lowest BCUT2D eigenvalue weighted by molar-refractivity contribution is -0.132. The third-order valence-corrected chi connectivity index (χ3v) is 3.63. The number of fused-ring (bicyclic) bond motifs is 1. The number of aromatic nitrogens is 2. The van der Waals surface area contributed by atoms with E-state index in [4.69, 9.17) is 5.84 Å². The number of nitrogens with two attached hydrogens (primary N) is 1. The minimum atomic E-state index is -0.406. The molecule has 1 fully saturated rings. The number of imidazole rings is 1. The lowest BCUT2D eigenvalue weighted by atomic mass is 9.94. The molecule has 1 saturated carbocycles. The van der Waals surface area contributed by atoms with Crippen molar-refractivity contribution in [1.29, 1.82) is 0 Å². The highest BCUT2D eigenvalue weighted by molar-refractivity contribution is 5.92. The van der Waals surface area contributed by atoms with Crippen molar-refractivity contribution >= 4 is 16.9 Å². The summed E-state index contributed by atoms with van der Waals surface area (Å²) in [5.41, 5.74) is 2.53. The molecule has 1 aliphatic rings. The number of nitrogens with zero attached hydrogens (tertiary/aromatic N) is 2. The van der Waals surface area contributed by atoms with Crippen molar-refractivity contribution < 1.29 is 4.79 Å². The predicted molar refractivity (Wildman–Crippen MR) is 68.7 cm³/mol. The summed E-state index contributed by atoms with van der Waals surface area (Å²) in [6.45, 7) is 1.92. The number of carbonyl (C=O) groups is 1. The summed E-state index contributed by atoms with van der Waals surface area (Å²) in [6, 6.07) is 5.96. The van der Waals surface area contributed by atoms with E-state index in [-0.39, 0.29) is 5.91 Å². The van der Waals surface area contributed by atoms with Crippen LogP contribution >= 0.6 is 0 Å². The SMILES string of the molecule is Cc1nc2ccc(C3(C(=O)N(C)N)CC3)cc2[nH]1. The molecule has 5 heteroatoms.